The molecule has 1 atom stereocenters. The topological polar surface area (TPSA) is 123 Å². The van der Waals surface area contributed by atoms with E-state index in [1.165, 1.54) is 10.9 Å². The number of aromatic nitrogens is 3. The number of rotatable bonds is 8. The summed E-state index contributed by atoms with van der Waals surface area (Å²) in [7, 11) is 0. The number of hydrogen-bond donors (Lipinski definition) is 3. The van der Waals surface area contributed by atoms with Crippen LogP contribution >= 0.6 is 11.8 Å². The SMILES string of the molecule is CSCC[C@@H](N)C(=O)NCCn1cc(C(=O)O)nn1. The number of aromatic carboxylic acids is 1. The molecule has 0 saturated heterocycles. The Morgan fingerprint density at radius 2 is 2.37 bits per heavy atom. The fraction of sp³-hybridized carbons (Fsp3) is 0.600. The molecule has 1 heterocycles. The average Bonchev–Trinajstić information content (AvgIpc) is 2.84. The average molecular weight is 287 g/mol. The Bertz CT molecular complexity index is 437. The van der Waals surface area contributed by atoms with Crippen LogP contribution in [0, 0.1) is 0 Å². The van der Waals surface area contributed by atoms with Crippen LogP contribution in [0.5, 0.6) is 0 Å². The van der Waals surface area contributed by atoms with Crippen molar-refractivity contribution < 1.29 is 14.7 Å². The van der Waals surface area contributed by atoms with Crippen LogP contribution in [0.25, 0.3) is 0 Å². The molecule has 0 aliphatic rings. The predicted octanol–water partition coefficient (Wildman–Crippen LogP) is -0.827. The molecule has 0 saturated carbocycles. The van der Waals surface area contributed by atoms with Crippen molar-refractivity contribution in [3.63, 3.8) is 0 Å². The summed E-state index contributed by atoms with van der Waals surface area (Å²) in [6, 6.07) is -0.516. The zero-order chi connectivity index (χ0) is 14.3. The number of carbonyl (C=O) groups excluding carboxylic acids is 1. The first-order valence-corrected chi connectivity index (χ1v) is 7.09. The molecule has 1 aromatic rings. The van der Waals surface area contributed by atoms with Gasteiger partial charge < -0.3 is 16.2 Å². The van der Waals surface area contributed by atoms with E-state index in [0.717, 1.165) is 5.75 Å². The summed E-state index contributed by atoms with van der Waals surface area (Å²) in [6.45, 7) is 0.676. The largest absolute Gasteiger partial charge is 0.476 e. The van der Waals surface area contributed by atoms with Gasteiger partial charge in [-0.05, 0) is 18.4 Å². The van der Waals surface area contributed by atoms with Crippen LogP contribution in [0.1, 0.15) is 16.9 Å². The molecule has 0 aliphatic heterocycles. The molecule has 4 N–H and O–H groups in total. The van der Waals surface area contributed by atoms with E-state index in [-0.39, 0.29) is 11.6 Å². The summed E-state index contributed by atoms with van der Waals surface area (Å²) in [5.41, 5.74) is 5.57. The van der Waals surface area contributed by atoms with E-state index in [2.05, 4.69) is 15.6 Å². The number of nitrogens with two attached hydrogens (primary N) is 1. The van der Waals surface area contributed by atoms with Crippen molar-refractivity contribution in [2.45, 2.75) is 19.0 Å². The summed E-state index contributed by atoms with van der Waals surface area (Å²) in [6.07, 6.45) is 3.89. The highest BCUT2D eigenvalue weighted by molar-refractivity contribution is 7.98. The summed E-state index contributed by atoms with van der Waals surface area (Å²) in [4.78, 5) is 22.1. The van der Waals surface area contributed by atoms with E-state index in [4.69, 9.17) is 10.8 Å². The number of hydrogen-bond acceptors (Lipinski definition) is 6. The summed E-state index contributed by atoms with van der Waals surface area (Å²) >= 11 is 1.64. The Labute approximate surface area is 114 Å². The summed E-state index contributed by atoms with van der Waals surface area (Å²) < 4.78 is 1.36. The molecular weight excluding hydrogens is 270 g/mol. The number of carbonyl (C=O) groups is 2. The van der Waals surface area contributed by atoms with E-state index in [1.807, 2.05) is 6.26 Å². The van der Waals surface area contributed by atoms with Crippen LogP contribution in [-0.4, -0.2) is 56.6 Å². The highest BCUT2D eigenvalue weighted by Crippen LogP contribution is 1.98. The Morgan fingerprint density at radius 3 is 2.95 bits per heavy atom. The predicted molar refractivity (Wildman–Crippen MR) is 71.0 cm³/mol. The number of nitrogens with zero attached hydrogens (tertiary/aromatic N) is 3. The second-order valence-electron chi connectivity index (χ2n) is 3.85. The third-order valence-corrected chi connectivity index (χ3v) is 3.01. The van der Waals surface area contributed by atoms with Crippen molar-refractivity contribution in [3.8, 4) is 0 Å². The lowest BCUT2D eigenvalue weighted by Crippen LogP contribution is -2.42. The van der Waals surface area contributed by atoms with Gasteiger partial charge in [-0.2, -0.15) is 11.8 Å². The summed E-state index contributed by atoms with van der Waals surface area (Å²) in [5.74, 6) is -0.512. The van der Waals surface area contributed by atoms with Gasteiger partial charge in [0.1, 0.15) is 0 Å². The molecule has 1 amide bonds. The molecule has 8 nitrogen and oxygen atoms in total. The quantitative estimate of drug-likeness (QED) is 0.570. The van der Waals surface area contributed by atoms with Gasteiger partial charge in [0.2, 0.25) is 5.91 Å². The van der Waals surface area contributed by atoms with E-state index in [1.54, 1.807) is 11.8 Å². The second kappa shape index (κ2) is 7.74. The lowest BCUT2D eigenvalue weighted by Gasteiger charge is -2.11. The monoisotopic (exact) mass is 287 g/mol. The van der Waals surface area contributed by atoms with E-state index < -0.39 is 12.0 Å². The first-order chi connectivity index (χ1) is 9.04. The smallest absolute Gasteiger partial charge is 0.358 e. The van der Waals surface area contributed by atoms with Crippen molar-refractivity contribution >= 4 is 23.6 Å². The first kappa shape index (κ1) is 15.4. The second-order valence-corrected chi connectivity index (χ2v) is 4.84. The lowest BCUT2D eigenvalue weighted by atomic mass is 10.2. The Hall–Kier alpha value is -1.61. The van der Waals surface area contributed by atoms with Gasteiger partial charge in [0.25, 0.3) is 0 Å². The molecule has 0 bridgehead atoms. The minimum absolute atomic E-state index is 0.122. The van der Waals surface area contributed by atoms with Gasteiger partial charge >= 0.3 is 5.97 Å². The molecule has 9 heteroatoms. The normalized spacial score (nSPS) is 12.1. The van der Waals surface area contributed by atoms with Crippen LogP contribution in [0.15, 0.2) is 6.20 Å². The molecule has 0 spiro atoms. The lowest BCUT2D eigenvalue weighted by molar-refractivity contribution is -0.122. The Morgan fingerprint density at radius 1 is 1.63 bits per heavy atom. The van der Waals surface area contributed by atoms with Crippen LogP contribution in [0.2, 0.25) is 0 Å². The van der Waals surface area contributed by atoms with Gasteiger partial charge in [-0.1, -0.05) is 5.21 Å². The molecule has 19 heavy (non-hydrogen) atoms. The number of amides is 1. The third kappa shape index (κ3) is 5.26. The Balaban J connectivity index is 2.29. The minimum atomic E-state index is -1.13. The van der Waals surface area contributed by atoms with E-state index in [0.29, 0.717) is 19.5 Å². The standard InChI is InChI=1S/C10H17N5O3S/c1-19-5-2-7(11)9(16)12-3-4-15-6-8(10(17)18)13-14-15/h6-7H,2-5,11H2,1H3,(H,12,16)(H,17,18)/t7-/m1/s1. The number of nitrogens with one attached hydrogen (secondary N) is 1. The molecule has 1 aromatic heterocycles. The molecule has 1 rings (SSSR count). The zero-order valence-corrected chi connectivity index (χ0v) is 11.4. The van der Waals surface area contributed by atoms with Crippen molar-refractivity contribution in [3.05, 3.63) is 11.9 Å². The van der Waals surface area contributed by atoms with Crippen LogP contribution in [0.4, 0.5) is 0 Å². The fourth-order valence-electron chi connectivity index (χ4n) is 1.31. The fourth-order valence-corrected chi connectivity index (χ4v) is 1.80. The van der Waals surface area contributed by atoms with Gasteiger partial charge in [-0.3, -0.25) is 4.79 Å². The van der Waals surface area contributed by atoms with Crippen LogP contribution in [0.3, 0.4) is 0 Å². The van der Waals surface area contributed by atoms with Gasteiger partial charge in [0.05, 0.1) is 18.8 Å². The molecule has 106 valence electrons. The highest BCUT2D eigenvalue weighted by atomic mass is 32.2. The van der Waals surface area contributed by atoms with Crippen LogP contribution < -0.4 is 11.1 Å². The van der Waals surface area contributed by atoms with Crippen molar-refractivity contribution in [2.24, 2.45) is 5.73 Å². The summed E-state index contributed by atoms with van der Waals surface area (Å²) in [5, 5.41) is 18.4. The van der Waals surface area contributed by atoms with Gasteiger partial charge in [-0.25, -0.2) is 9.48 Å². The third-order valence-electron chi connectivity index (χ3n) is 2.37. The van der Waals surface area contributed by atoms with Gasteiger partial charge in [0.15, 0.2) is 5.69 Å². The van der Waals surface area contributed by atoms with Crippen molar-refractivity contribution in [1.29, 1.82) is 0 Å². The maximum Gasteiger partial charge on any atom is 0.358 e. The molecule has 0 unspecified atom stereocenters. The maximum absolute atomic E-state index is 11.6. The first-order valence-electron chi connectivity index (χ1n) is 5.70. The highest BCUT2D eigenvalue weighted by Gasteiger charge is 2.12. The van der Waals surface area contributed by atoms with Gasteiger partial charge in [-0.15, -0.1) is 5.10 Å². The molecule has 0 aliphatic carbocycles. The van der Waals surface area contributed by atoms with Crippen molar-refractivity contribution in [2.75, 3.05) is 18.6 Å². The molecule has 0 fully saturated rings. The molecule has 0 radical (unpaired) electrons. The number of carboxylic acids is 1. The maximum atomic E-state index is 11.6. The zero-order valence-electron chi connectivity index (χ0n) is 10.6. The van der Waals surface area contributed by atoms with Gasteiger partial charge in [0, 0.05) is 6.54 Å². The Kier molecular flexibility index (Phi) is 6.30. The minimum Gasteiger partial charge on any atom is -0.476 e. The molecule has 0 aromatic carbocycles. The van der Waals surface area contributed by atoms with E-state index >= 15 is 0 Å². The molecular formula is C10H17N5O3S. The van der Waals surface area contributed by atoms with E-state index in [9.17, 15) is 9.59 Å². The number of carboxylic acid groups (broad SMARTS) is 1. The number of thioether (sulfide) groups is 1. The van der Waals surface area contributed by atoms with Crippen molar-refractivity contribution in [1.82, 2.24) is 20.3 Å². The van der Waals surface area contributed by atoms with Crippen LogP contribution in [-0.2, 0) is 11.3 Å².